The summed E-state index contributed by atoms with van der Waals surface area (Å²) in [5, 5.41) is 15.2. The minimum atomic E-state index is -0.615. The lowest BCUT2D eigenvalue weighted by molar-refractivity contribution is -0.137. The lowest BCUT2D eigenvalue weighted by Gasteiger charge is -2.50. The fourth-order valence-corrected chi connectivity index (χ4v) is 4.12. The molecule has 4 rings (SSSR count). The number of piperidine rings is 1. The van der Waals surface area contributed by atoms with Crippen LogP contribution in [0.1, 0.15) is 24.0 Å². The summed E-state index contributed by atoms with van der Waals surface area (Å²) in [6, 6.07) is 13.1. The summed E-state index contributed by atoms with van der Waals surface area (Å²) >= 11 is 0. The fourth-order valence-electron chi connectivity index (χ4n) is 4.12. The number of nitrogens with zero attached hydrogens (tertiary/aromatic N) is 2. The summed E-state index contributed by atoms with van der Waals surface area (Å²) in [5.74, 6) is 0.564. The van der Waals surface area contributed by atoms with Crippen molar-refractivity contribution in [2.45, 2.75) is 31.9 Å². The van der Waals surface area contributed by atoms with Crippen LogP contribution in [0.25, 0.3) is 0 Å². The Hall–Kier alpha value is -2.93. The molecule has 7 heteroatoms. The molecule has 1 aromatic heterocycles. The molecule has 152 valence electrons. The van der Waals surface area contributed by atoms with Gasteiger partial charge < -0.3 is 20.6 Å². The van der Waals surface area contributed by atoms with Gasteiger partial charge in [0, 0.05) is 25.8 Å². The van der Waals surface area contributed by atoms with Crippen molar-refractivity contribution in [2.75, 3.05) is 24.5 Å². The van der Waals surface area contributed by atoms with Gasteiger partial charge in [-0.25, -0.2) is 4.98 Å². The average molecular weight is 394 g/mol. The number of carbonyl (C=O) groups excluding carboxylic acids is 2. The van der Waals surface area contributed by atoms with Crippen LogP contribution in [-0.4, -0.2) is 47.6 Å². The van der Waals surface area contributed by atoms with Gasteiger partial charge in [-0.2, -0.15) is 0 Å². The molecule has 2 aromatic rings. The van der Waals surface area contributed by atoms with Crippen LogP contribution in [0.15, 0.2) is 48.7 Å². The first kappa shape index (κ1) is 19.4. The quantitative estimate of drug-likeness (QED) is 0.680. The minimum Gasteiger partial charge on any atom is -0.392 e. The van der Waals surface area contributed by atoms with Gasteiger partial charge >= 0.3 is 0 Å². The third-order valence-corrected chi connectivity index (χ3v) is 5.76. The molecule has 1 atom stereocenters. The number of hydrogen-bond donors (Lipinski definition) is 3. The highest BCUT2D eigenvalue weighted by Crippen LogP contribution is 2.37. The van der Waals surface area contributed by atoms with Crippen molar-refractivity contribution < 1.29 is 14.7 Å². The van der Waals surface area contributed by atoms with Crippen LogP contribution in [0.2, 0.25) is 0 Å². The minimum absolute atomic E-state index is 0.0458. The molecule has 29 heavy (non-hydrogen) atoms. The predicted molar refractivity (Wildman–Crippen MR) is 109 cm³/mol. The maximum absolute atomic E-state index is 13.3. The molecular weight excluding hydrogens is 368 g/mol. The number of anilines is 1. The van der Waals surface area contributed by atoms with Gasteiger partial charge in [0.05, 0.1) is 12.0 Å². The molecule has 3 heterocycles. The number of amides is 2. The molecule has 2 saturated heterocycles. The van der Waals surface area contributed by atoms with Crippen molar-refractivity contribution >= 4 is 17.6 Å². The molecule has 3 N–H and O–H groups in total. The molecule has 2 aliphatic heterocycles. The number of pyridine rings is 1. The van der Waals surface area contributed by atoms with E-state index in [1.165, 1.54) is 0 Å². The zero-order valence-corrected chi connectivity index (χ0v) is 16.3. The van der Waals surface area contributed by atoms with Gasteiger partial charge in [0.15, 0.2) is 0 Å². The second kappa shape index (κ2) is 8.21. The summed E-state index contributed by atoms with van der Waals surface area (Å²) in [6.45, 7) is 1.66. The zero-order chi connectivity index (χ0) is 20.3. The van der Waals surface area contributed by atoms with E-state index in [1.54, 1.807) is 12.3 Å². The maximum atomic E-state index is 13.3. The van der Waals surface area contributed by atoms with E-state index in [-0.39, 0.29) is 18.4 Å². The average Bonchev–Trinajstić information content (AvgIpc) is 2.72. The first-order valence-electron chi connectivity index (χ1n) is 10.0. The molecule has 0 radical (unpaired) electrons. The molecule has 1 aromatic carbocycles. The summed E-state index contributed by atoms with van der Waals surface area (Å²) in [6.07, 6.45) is 3.81. The lowest BCUT2D eigenvalue weighted by Crippen LogP contribution is -2.66. The normalized spacial score (nSPS) is 20.5. The Labute approximate surface area is 170 Å². The van der Waals surface area contributed by atoms with Crippen LogP contribution in [-0.2, 0) is 22.6 Å². The summed E-state index contributed by atoms with van der Waals surface area (Å²) in [4.78, 5) is 31.8. The maximum Gasteiger partial charge on any atom is 0.242 e. The Bertz CT molecular complexity index is 881. The smallest absolute Gasteiger partial charge is 0.242 e. The van der Waals surface area contributed by atoms with Crippen molar-refractivity contribution in [3.05, 3.63) is 59.8 Å². The second-order valence-corrected chi connectivity index (χ2v) is 7.94. The van der Waals surface area contributed by atoms with E-state index < -0.39 is 11.5 Å². The highest BCUT2D eigenvalue weighted by Gasteiger charge is 2.50. The van der Waals surface area contributed by atoms with Gasteiger partial charge in [-0.3, -0.25) is 9.59 Å². The molecule has 2 amide bonds. The lowest BCUT2D eigenvalue weighted by atomic mass is 9.73. The summed E-state index contributed by atoms with van der Waals surface area (Å²) in [7, 11) is 0. The van der Waals surface area contributed by atoms with Gasteiger partial charge in [0.1, 0.15) is 11.9 Å². The molecule has 7 nitrogen and oxygen atoms in total. The first-order valence-corrected chi connectivity index (χ1v) is 10.0. The Morgan fingerprint density at radius 3 is 2.76 bits per heavy atom. The topological polar surface area (TPSA) is 94.6 Å². The van der Waals surface area contributed by atoms with E-state index in [9.17, 15) is 14.7 Å². The van der Waals surface area contributed by atoms with Crippen molar-refractivity contribution in [3.8, 4) is 0 Å². The van der Waals surface area contributed by atoms with Crippen molar-refractivity contribution in [1.82, 2.24) is 15.6 Å². The largest absolute Gasteiger partial charge is 0.392 e. The number of aliphatic hydroxyl groups is 1. The molecule has 0 bridgehead atoms. The van der Waals surface area contributed by atoms with Gasteiger partial charge in [0.25, 0.3) is 0 Å². The third kappa shape index (κ3) is 4.10. The van der Waals surface area contributed by atoms with E-state index in [4.69, 9.17) is 0 Å². The molecule has 2 aliphatic rings. The highest BCUT2D eigenvalue weighted by atomic mass is 16.3. The van der Waals surface area contributed by atoms with Crippen LogP contribution in [0.3, 0.4) is 0 Å². The number of benzene rings is 1. The zero-order valence-electron chi connectivity index (χ0n) is 16.3. The second-order valence-electron chi connectivity index (χ2n) is 7.94. The Balaban J connectivity index is 1.52. The SMILES string of the molecule is O=C1NCCCC1NC(=O)C1(Cc2ccccc2)CN(c2cc(CO)ccn2)C1. The monoisotopic (exact) mass is 394 g/mol. The molecule has 1 unspecified atom stereocenters. The van der Waals surface area contributed by atoms with Gasteiger partial charge in [0.2, 0.25) is 11.8 Å². The van der Waals surface area contributed by atoms with E-state index in [0.29, 0.717) is 32.5 Å². The van der Waals surface area contributed by atoms with E-state index in [2.05, 4.69) is 15.6 Å². The van der Waals surface area contributed by atoms with Crippen LogP contribution >= 0.6 is 0 Å². The van der Waals surface area contributed by atoms with Crippen LogP contribution in [0.5, 0.6) is 0 Å². The van der Waals surface area contributed by atoms with Crippen molar-refractivity contribution in [1.29, 1.82) is 0 Å². The number of nitrogens with one attached hydrogen (secondary N) is 2. The molecule has 0 spiro atoms. The van der Waals surface area contributed by atoms with Gasteiger partial charge in [-0.15, -0.1) is 0 Å². The van der Waals surface area contributed by atoms with Crippen molar-refractivity contribution in [2.24, 2.45) is 5.41 Å². The Morgan fingerprint density at radius 2 is 2.03 bits per heavy atom. The summed E-state index contributed by atoms with van der Waals surface area (Å²) < 4.78 is 0. The Morgan fingerprint density at radius 1 is 1.24 bits per heavy atom. The number of hydrogen-bond acceptors (Lipinski definition) is 5. The van der Waals surface area contributed by atoms with Crippen LogP contribution in [0, 0.1) is 5.41 Å². The van der Waals surface area contributed by atoms with Crippen molar-refractivity contribution in [3.63, 3.8) is 0 Å². The molecule has 0 aliphatic carbocycles. The fraction of sp³-hybridized carbons (Fsp3) is 0.409. The first-order chi connectivity index (χ1) is 14.1. The number of aromatic nitrogens is 1. The van der Waals surface area contributed by atoms with E-state index in [0.717, 1.165) is 23.4 Å². The standard InChI is InChI=1S/C22H26N4O3/c27-13-17-8-10-23-19(11-17)26-14-22(15-26,12-16-5-2-1-3-6-16)21(29)25-18-7-4-9-24-20(18)28/h1-3,5-6,8,10-11,18,27H,4,7,9,12-15H2,(H,24,28)(H,25,29). The number of aliphatic hydroxyl groups excluding tert-OH is 1. The van der Waals surface area contributed by atoms with E-state index in [1.807, 2.05) is 41.3 Å². The number of rotatable bonds is 6. The summed E-state index contributed by atoms with van der Waals surface area (Å²) in [5.41, 5.74) is 1.27. The Kier molecular flexibility index (Phi) is 5.49. The molecular formula is C22H26N4O3. The molecule has 0 saturated carbocycles. The van der Waals surface area contributed by atoms with Gasteiger partial charge in [-0.1, -0.05) is 30.3 Å². The van der Waals surface area contributed by atoms with E-state index >= 15 is 0 Å². The third-order valence-electron chi connectivity index (χ3n) is 5.76. The molecule has 2 fully saturated rings. The highest BCUT2D eigenvalue weighted by molar-refractivity contribution is 5.92. The van der Waals surface area contributed by atoms with Crippen LogP contribution in [0.4, 0.5) is 5.82 Å². The predicted octanol–water partition coefficient (Wildman–Crippen LogP) is 1.02. The van der Waals surface area contributed by atoms with Gasteiger partial charge in [-0.05, 0) is 42.5 Å². The number of carbonyl (C=O) groups is 2. The van der Waals surface area contributed by atoms with Crippen LogP contribution < -0.4 is 15.5 Å².